The number of nitrogens with two attached hydrogens (primary N) is 4. The lowest BCUT2D eigenvalue weighted by molar-refractivity contribution is -0.141. The topological polar surface area (TPSA) is 398 Å². The van der Waals surface area contributed by atoms with Crippen molar-refractivity contribution in [2.45, 2.75) is 174 Å². The van der Waals surface area contributed by atoms with E-state index in [0.717, 1.165) is 0 Å². The molecule has 14 N–H and O–H groups in total. The number of fused-ring (bicyclic) bond motifs is 6. The molecule has 4 aliphatic rings. The predicted molar refractivity (Wildman–Crippen MR) is 331 cm³/mol. The van der Waals surface area contributed by atoms with E-state index in [0.29, 0.717) is 47.9 Å². The molecule has 0 aromatic heterocycles. The Labute approximate surface area is 517 Å². The number of carbonyl (C=O) groups is 9. The highest BCUT2D eigenvalue weighted by atomic mass is 16.6. The number of nitrogens with zero attached hydrogens (tertiary/aromatic N) is 4. The molecule has 7 atom stereocenters. The number of aliphatic imine (C=N–C) groups is 2. The highest BCUT2D eigenvalue weighted by Gasteiger charge is 2.54. The highest BCUT2D eigenvalue weighted by Crippen LogP contribution is 2.57. The average molecular weight is 1240 g/mol. The van der Waals surface area contributed by atoms with Gasteiger partial charge in [0.05, 0.1) is 5.56 Å². The van der Waals surface area contributed by atoms with Gasteiger partial charge in [0, 0.05) is 66.4 Å². The van der Waals surface area contributed by atoms with E-state index < -0.39 is 107 Å². The number of likely N-dealkylation sites (tertiary alicyclic amines) is 2. The summed E-state index contributed by atoms with van der Waals surface area (Å²) in [6.07, 6.45) is 0.645. The number of carbonyl (C=O) groups excluding carboxylic acids is 9. The molecule has 2 unspecified atom stereocenters. The molecule has 7 rings (SSSR count). The summed E-state index contributed by atoms with van der Waals surface area (Å²) >= 11 is 0. The molecule has 2 saturated heterocycles. The lowest BCUT2D eigenvalue weighted by Gasteiger charge is -2.37. The quantitative estimate of drug-likeness (QED) is 0.0220. The Kier molecular flexibility index (Phi) is 21.4. The number of rotatable bonds is 22. The van der Waals surface area contributed by atoms with Crippen LogP contribution in [0.5, 0.6) is 11.5 Å². The van der Waals surface area contributed by atoms with Gasteiger partial charge in [-0.15, -0.1) is 0 Å². The van der Waals surface area contributed by atoms with Crippen molar-refractivity contribution < 1.29 is 62.1 Å². The van der Waals surface area contributed by atoms with Gasteiger partial charge >= 0.3 is 18.2 Å². The van der Waals surface area contributed by atoms with Gasteiger partial charge in [-0.25, -0.2) is 14.4 Å². The minimum atomic E-state index is -1.59. The molecule has 1 spiro atoms. The van der Waals surface area contributed by atoms with Gasteiger partial charge in [0.25, 0.3) is 0 Å². The third-order valence-electron chi connectivity index (χ3n) is 15.3. The molecule has 89 heavy (non-hydrogen) atoms. The molecule has 4 heterocycles. The number of alkyl carbamates (subject to hydrolysis) is 2. The molecule has 3 aromatic carbocycles. The van der Waals surface area contributed by atoms with Crippen molar-refractivity contribution >= 4 is 76.9 Å². The lowest BCUT2D eigenvalue weighted by Crippen LogP contribution is -2.57. The standard InChI is InChI=1S/C62H86N14O13/c1-33(2)47(73-58(84)88-60(5,6)7)53(81)75-29-15-21-43(75)51(79)71-41(19-13-27-67-56(63)64)49(77)69-35-23-25-39-45(31-35)86-46-32-36(24-26-40(46)62(39)38-18-12-11-17-37(38)55(83)87-62)70-50(78)42(20-14-28-68-57(65)66)72-52(80)44-22-16-30-76(44)54(82)48(34(3)4)74-59(85)89-61(8,9)10/h11-12,17-18,23-26,31-34,41-44,47-48H,13-16,19-22,27-30H2,1-10H3,(H,69,77)(H,70,78)(H,71,79)(H,72,80)(H,73,84)(H,74,85)(H4,63,64,67)(H4,65,66,68)/t41-,42-,43-,44?,47-,48-,62?/m0/s1. The Bertz CT molecular complexity index is 3060. The van der Waals surface area contributed by atoms with E-state index >= 15 is 0 Å². The number of hydrogen-bond donors (Lipinski definition) is 10. The van der Waals surface area contributed by atoms with Crippen LogP contribution in [0.4, 0.5) is 21.0 Å². The van der Waals surface area contributed by atoms with Gasteiger partial charge in [-0.3, -0.25) is 38.8 Å². The van der Waals surface area contributed by atoms with Crippen molar-refractivity contribution in [2.24, 2.45) is 44.8 Å². The van der Waals surface area contributed by atoms with Crippen LogP contribution in [0.3, 0.4) is 0 Å². The van der Waals surface area contributed by atoms with Crippen molar-refractivity contribution in [1.82, 2.24) is 31.1 Å². The van der Waals surface area contributed by atoms with Gasteiger partial charge in [0.15, 0.2) is 17.5 Å². The molecule has 27 nitrogen and oxygen atoms in total. The molecule has 0 radical (unpaired) electrons. The molecular weight excluding hydrogens is 1150 g/mol. The molecule has 3 aromatic rings. The first kappa shape index (κ1) is 67.3. The average Bonchev–Trinajstić information content (AvgIpc) is 1.65. The Balaban J connectivity index is 1.14. The summed E-state index contributed by atoms with van der Waals surface area (Å²) in [5, 5.41) is 16.8. The van der Waals surface area contributed by atoms with Gasteiger partial charge in [-0.1, -0.05) is 45.9 Å². The van der Waals surface area contributed by atoms with E-state index in [9.17, 15) is 43.2 Å². The monoisotopic (exact) mass is 1230 g/mol. The minimum Gasteiger partial charge on any atom is -0.456 e. The SMILES string of the molecule is CC(C)[C@H](NC(=O)OC(C)(C)C)C(=O)N1CCCC1C(=O)N[C@@H](CCCN=C(N)N)C(=O)Nc1ccc2c(c1)Oc1cc(NC(=O)[C@H](CCCN=C(N)N)NC(=O)[C@@H]3CCCN3C(=O)[C@@H](NC(=O)OC(C)(C)C)C(C)C)ccc1C21OC(=O)c2ccccc21. The zero-order chi connectivity index (χ0) is 65.3. The number of ether oxygens (including phenoxy) is 4. The second-order valence-corrected chi connectivity index (χ2v) is 25.3. The summed E-state index contributed by atoms with van der Waals surface area (Å²) in [6.45, 7) is 18.0. The zero-order valence-electron chi connectivity index (χ0n) is 52.3. The first-order valence-corrected chi connectivity index (χ1v) is 30.1. The van der Waals surface area contributed by atoms with E-state index in [1.54, 1.807) is 118 Å². The van der Waals surface area contributed by atoms with Crippen LogP contribution < -0.4 is 59.6 Å². The highest BCUT2D eigenvalue weighted by molar-refractivity contribution is 6.02. The summed E-state index contributed by atoms with van der Waals surface area (Å²) < 4.78 is 23.9. The first-order valence-electron chi connectivity index (χ1n) is 30.1. The van der Waals surface area contributed by atoms with Gasteiger partial charge in [0.2, 0.25) is 35.4 Å². The smallest absolute Gasteiger partial charge is 0.408 e. The normalized spacial score (nSPS) is 18.8. The summed E-state index contributed by atoms with van der Waals surface area (Å²) in [5.74, 6) is -4.78. The predicted octanol–water partition coefficient (Wildman–Crippen LogP) is 4.29. The number of anilines is 2. The van der Waals surface area contributed by atoms with Gasteiger partial charge < -0.3 is 83.6 Å². The first-order chi connectivity index (χ1) is 41.9. The van der Waals surface area contributed by atoms with E-state index in [1.165, 1.54) is 21.9 Å². The third kappa shape index (κ3) is 16.7. The van der Waals surface area contributed by atoms with Crippen LogP contribution in [0.25, 0.3) is 0 Å². The van der Waals surface area contributed by atoms with Crippen LogP contribution in [0, 0.1) is 11.8 Å². The van der Waals surface area contributed by atoms with E-state index in [1.807, 2.05) is 0 Å². The summed E-state index contributed by atoms with van der Waals surface area (Å²) in [5.41, 5.74) is 21.2. The summed E-state index contributed by atoms with van der Waals surface area (Å²) in [6, 6.07) is 10.1. The van der Waals surface area contributed by atoms with Crippen molar-refractivity contribution in [1.29, 1.82) is 0 Å². The maximum atomic E-state index is 14.5. The molecular formula is C62H86N14O13. The van der Waals surface area contributed by atoms with Crippen molar-refractivity contribution in [2.75, 3.05) is 36.8 Å². The van der Waals surface area contributed by atoms with Gasteiger partial charge in [-0.2, -0.15) is 0 Å². The lowest BCUT2D eigenvalue weighted by atomic mass is 9.77. The van der Waals surface area contributed by atoms with Crippen LogP contribution in [0.2, 0.25) is 0 Å². The Morgan fingerprint density at radius 3 is 1.42 bits per heavy atom. The van der Waals surface area contributed by atoms with Crippen LogP contribution in [-0.4, -0.2) is 149 Å². The minimum absolute atomic E-state index is 0.0658. The second-order valence-electron chi connectivity index (χ2n) is 25.3. The van der Waals surface area contributed by atoms with Crippen LogP contribution in [-0.2, 0) is 48.6 Å². The van der Waals surface area contributed by atoms with Crippen LogP contribution in [0.1, 0.15) is 148 Å². The summed E-state index contributed by atoms with van der Waals surface area (Å²) in [4.78, 5) is 136. The van der Waals surface area contributed by atoms with E-state index in [-0.39, 0.29) is 98.5 Å². The van der Waals surface area contributed by atoms with Crippen LogP contribution >= 0.6 is 0 Å². The number of guanidine groups is 2. The Morgan fingerprint density at radius 1 is 0.607 bits per heavy atom. The Hall–Kier alpha value is -9.17. The molecule has 27 heteroatoms. The van der Waals surface area contributed by atoms with Crippen molar-refractivity contribution in [3.05, 3.63) is 82.9 Å². The second kappa shape index (κ2) is 28.3. The molecule has 8 amide bonds. The zero-order valence-corrected chi connectivity index (χ0v) is 52.3. The van der Waals surface area contributed by atoms with Gasteiger partial charge in [-0.05, 0) is 135 Å². The van der Waals surface area contributed by atoms with Gasteiger partial charge in [0.1, 0.15) is 59.0 Å². The third-order valence-corrected chi connectivity index (χ3v) is 15.3. The van der Waals surface area contributed by atoms with Crippen LogP contribution in [0.15, 0.2) is 70.6 Å². The van der Waals surface area contributed by atoms with Crippen molar-refractivity contribution in [3.63, 3.8) is 0 Å². The van der Waals surface area contributed by atoms with E-state index in [4.69, 9.17) is 41.9 Å². The maximum Gasteiger partial charge on any atom is 0.408 e. The number of esters is 1. The van der Waals surface area contributed by atoms with E-state index in [2.05, 4.69) is 41.9 Å². The molecule has 482 valence electrons. The summed E-state index contributed by atoms with van der Waals surface area (Å²) in [7, 11) is 0. The fourth-order valence-corrected chi connectivity index (χ4v) is 11.2. The largest absolute Gasteiger partial charge is 0.456 e. The molecule has 4 aliphatic heterocycles. The molecule has 0 saturated carbocycles. The fourth-order valence-electron chi connectivity index (χ4n) is 11.2. The molecule has 2 fully saturated rings. The maximum absolute atomic E-state index is 14.5. The molecule has 0 bridgehead atoms. The number of nitrogens with one attached hydrogen (secondary N) is 6. The number of benzene rings is 3. The number of amides is 8. The number of hydrogen-bond acceptors (Lipinski definition) is 15. The molecule has 0 aliphatic carbocycles. The Morgan fingerprint density at radius 2 is 1.02 bits per heavy atom. The fraction of sp³-hybridized carbons (Fsp3) is 0.532. The van der Waals surface area contributed by atoms with Crippen molar-refractivity contribution in [3.8, 4) is 11.5 Å².